The van der Waals surface area contributed by atoms with Gasteiger partial charge >= 0.3 is 0 Å². The summed E-state index contributed by atoms with van der Waals surface area (Å²) in [6.07, 6.45) is 2.87. The molecule has 0 N–H and O–H groups in total. The second-order valence-corrected chi connectivity index (χ2v) is 4.63. The average molecular weight is 227 g/mol. The molecule has 4 nitrogen and oxygen atoms in total. The van der Waals surface area contributed by atoms with E-state index in [0.717, 1.165) is 12.8 Å². The van der Waals surface area contributed by atoms with E-state index in [4.69, 9.17) is 4.74 Å². The smallest absolute Gasteiger partial charge is 0.248 e. The van der Waals surface area contributed by atoms with Crippen LogP contribution in [0.4, 0.5) is 0 Å². The zero-order valence-electron chi connectivity index (χ0n) is 10.4. The molecule has 0 heterocycles. The average Bonchev–Trinajstić information content (AvgIpc) is 2.26. The summed E-state index contributed by atoms with van der Waals surface area (Å²) in [6, 6.07) is 0.209. The van der Waals surface area contributed by atoms with Crippen molar-refractivity contribution in [3.8, 4) is 0 Å². The Morgan fingerprint density at radius 2 is 2.00 bits per heavy atom. The van der Waals surface area contributed by atoms with Crippen LogP contribution in [-0.4, -0.2) is 42.4 Å². The van der Waals surface area contributed by atoms with Crippen LogP contribution in [-0.2, 0) is 14.3 Å². The van der Waals surface area contributed by atoms with Crippen molar-refractivity contribution >= 4 is 11.7 Å². The summed E-state index contributed by atoms with van der Waals surface area (Å²) in [7, 11) is 1.80. The van der Waals surface area contributed by atoms with Crippen LogP contribution in [0.2, 0.25) is 0 Å². The molecule has 1 rings (SSSR count). The lowest BCUT2D eigenvalue weighted by Gasteiger charge is -2.30. The molecule has 0 unspecified atom stereocenters. The lowest BCUT2D eigenvalue weighted by Crippen LogP contribution is -2.41. The molecule has 92 valence electrons. The van der Waals surface area contributed by atoms with Crippen molar-refractivity contribution in [1.29, 1.82) is 0 Å². The monoisotopic (exact) mass is 227 g/mol. The number of amides is 1. The van der Waals surface area contributed by atoms with E-state index in [1.807, 2.05) is 13.8 Å². The molecule has 0 atom stereocenters. The first-order valence-electron chi connectivity index (χ1n) is 5.89. The summed E-state index contributed by atoms with van der Waals surface area (Å²) in [4.78, 5) is 24.6. The number of hydrogen-bond donors (Lipinski definition) is 0. The third-order valence-corrected chi connectivity index (χ3v) is 2.99. The van der Waals surface area contributed by atoms with E-state index >= 15 is 0 Å². The van der Waals surface area contributed by atoms with Crippen molar-refractivity contribution in [2.45, 2.75) is 51.7 Å². The van der Waals surface area contributed by atoms with Gasteiger partial charge < -0.3 is 9.64 Å². The molecule has 16 heavy (non-hydrogen) atoms. The van der Waals surface area contributed by atoms with Crippen LogP contribution in [0, 0.1) is 0 Å². The van der Waals surface area contributed by atoms with Crippen LogP contribution in [0.1, 0.15) is 39.5 Å². The van der Waals surface area contributed by atoms with Gasteiger partial charge in [-0.1, -0.05) is 0 Å². The number of rotatable bonds is 4. The number of carbonyl (C=O) groups is 2. The lowest BCUT2D eigenvalue weighted by atomic mass is 9.93. The highest BCUT2D eigenvalue weighted by atomic mass is 16.5. The molecule has 0 saturated heterocycles. The SMILES string of the molecule is CC(C)OCC(=O)N(C)C1CCC(=O)CC1. The topological polar surface area (TPSA) is 46.6 Å². The Morgan fingerprint density at radius 3 is 2.50 bits per heavy atom. The van der Waals surface area contributed by atoms with Gasteiger partial charge in [-0.15, -0.1) is 0 Å². The van der Waals surface area contributed by atoms with Crippen LogP contribution in [0.15, 0.2) is 0 Å². The maximum Gasteiger partial charge on any atom is 0.248 e. The van der Waals surface area contributed by atoms with Crippen molar-refractivity contribution in [2.75, 3.05) is 13.7 Å². The van der Waals surface area contributed by atoms with E-state index < -0.39 is 0 Å². The Bertz CT molecular complexity index is 253. The predicted molar refractivity (Wildman–Crippen MR) is 61.1 cm³/mol. The second kappa shape index (κ2) is 5.99. The van der Waals surface area contributed by atoms with Crippen LogP contribution in [0.3, 0.4) is 0 Å². The van der Waals surface area contributed by atoms with Gasteiger partial charge in [0.25, 0.3) is 0 Å². The minimum atomic E-state index is 0.00745. The minimum Gasteiger partial charge on any atom is -0.369 e. The molecule has 0 aromatic heterocycles. The van der Waals surface area contributed by atoms with Gasteiger partial charge in [-0.3, -0.25) is 9.59 Å². The van der Waals surface area contributed by atoms with Crippen LogP contribution < -0.4 is 0 Å². The fraction of sp³-hybridized carbons (Fsp3) is 0.833. The Labute approximate surface area is 96.9 Å². The van der Waals surface area contributed by atoms with Gasteiger partial charge in [-0.05, 0) is 26.7 Å². The highest BCUT2D eigenvalue weighted by molar-refractivity contribution is 5.80. The van der Waals surface area contributed by atoms with Gasteiger partial charge in [0, 0.05) is 25.9 Å². The minimum absolute atomic E-state index is 0.00745. The quantitative estimate of drug-likeness (QED) is 0.729. The van der Waals surface area contributed by atoms with Crippen molar-refractivity contribution < 1.29 is 14.3 Å². The van der Waals surface area contributed by atoms with Gasteiger partial charge in [0.2, 0.25) is 5.91 Å². The van der Waals surface area contributed by atoms with Gasteiger partial charge in [-0.2, -0.15) is 0 Å². The van der Waals surface area contributed by atoms with Gasteiger partial charge in [-0.25, -0.2) is 0 Å². The summed E-state index contributed by atoms with van der Waals surface area (Å²) in [6.45, 7) is 3.96. The molecule has 1 saturated carbocycles. The zero-order chi connectivity index (χ0) is 12.1. The van der Waals surface area contributed by atoms with E-state index in [9.17, 15) is 9.59 Å². The molecule has 0 aromatic rings. The van der Waals surface area contributed by atoms with Crippen molar-refractivity contribution in [3.05, 3.63) is 0 Å². The Hall–Kier alpha value is -0.900. The van der Waals surface area contributed by atoms with E-state index in [2.05, 4.69) is 0 Å². The number of ketones is 1. The maximum absolute atomic E-state index is 11.7. The van der Waals surface area contributed by atoms with E-state index in [0.29, 0.717) is 18.6 Å². The predicted octanol–water partition coefficient (Wildman–Crippen LogP) is 1.38. The first kappa shape index (κ1) is 13.2. The molecule has 0 radical (unpaired) electrons. The van der Waals surface area contributed by atoms with Crippen LogP contribution >= 0.6 is 0 Å². The fourth-order valence-electron chi connectivity index (χ4n) is 1.86. The van der Waals surface area contributed by atoms with Crippen molar-refractivity contribution in [2.24, 2.45) is 0 Å². The summed E-state index contributed by atoms with van der Waals surface area (Å²) in [5, 5.41) is 0. The summed E-state index contributed by atoms with van der Waals surface area (Å²) in [5.41, 5.74) is 0. The second-order valence-electron chi connectivity index (χ2n) is 4.63. The molecule has 0 bridgehead atoms. The molecule has 1 amide bonds. The summed E-state index contributed by atoms with van der Waals surface area (Å²) >= 11 is 0. The molecular weight excluding hydrogens is 206 g/mol. The van der Waals surface area contributed by atoms with Gasteiger partial charge in [0.15, 0.2) is 0 Å². The Morgan fingerprint density at radius 1 is 1.44 bits per heavy atom. The number of nitrogens with zero attached hydrogens (tertiary/aromatic N) is 1. The summed E-state index contributed by atoms with van der Waals surface area (Å²) < 4.78 is 5.28. The zero-order valence-corrected chi connectivity index (χ0v) is 10.4. The van der Waals surface area contributed by atoms with Crippen LogP contribution in [0.25, 0.3) is 0 Å². The normalized spacial score (nSPS) is 17.9. The van der Waals surface area contributed by atoms with E-state index in [-0.39, 0.29) is 24.7 Å². The third kappa shape index (κ3) is 3.93. The number of Topliss-reactive ketones (excluding diaryl/α,β-unsaturated/α-hetero) is 1. The van der Waals surface area contributed by atoms with Crippen molar-refractivity contribution in [1.82, 2.24) is 4.90 Å². The first-order valence-corrected chi connectivity index (χ1v) is 5.89. The highest BCUT2D eigenvalue weighted by Gasteiger charge is 2.25. The number of hydrogen-bond acceptors (Lipinski definition) is 3. The standard InChI is InChI=1S/C12H21NO3/c1-9(2)16-8-12(15)13(3)10-4-6-11(14)7-5-10/h9-10H,4-8H2,1-3H3. The third-order valence-electron chi connectivity index (χ3n) is 2.99. The molecule has 0 aromatic carbocycles. The van der Waals surface area contributed by atoms with Crippen LogP contribution in [0.5, 0.6) is 0 Å². The molecule has 0 aliphatic heterocycles. The maximum atomic E-state index is 11.7. The van der Waals surface area contributed by atoms with Gasteiger partial charge in [0.1, 0.15) is 12.4 Å². The van der Waals surface area contributed by atoms with E-state index in [1.165, 1.54) is 0 Å². The molecule has 1 aliphatic carbocycles. The molecule has 0 spiro atoms. The fourth-order valence-corrected chi connectivity index (χ4v) is 1.86. The molecule has 1 fully saturated rings. The molecule has 1 aliphatic rings. The van der Waals surface area contributed by atoms with E-state index in [1.54, 1.807) is 11.9 Å². The highest BCUT2D eigenvalue weighted by Crippen LogP contribution is 2.19. The van der Waals surface area contributed by atoms with Crippen molar-refractivity contribution in [3.63, 3.8) is 0 Å². The number of carbonyl (C=O) groups excluding carboxylic acids is 2. The Kier molecular flexibility index (Phi) is 4.93. The Balaban J connectivity index is 2.35. The number of ether oxygens (including phenoxy) is 1. The molecule has 4 heteroatoms. The molecular formula is C12H21NO3. The first-order chi connectivity index (χ1) is 7.50. The largest absolute Gasteiger partial charge is 0.369 e. The van der Waals surface area contributed by atoms with Gasteiger partial charge in [0.05, 0.1) is 6.10 Å². The lowest BCUT2D eigenvalue weighted by molar-refractivity contribution is -0.140. The summed E-state index contributed by atoms with van der Waals surface area (Å²) in [5.74, 6) is 0.323. The number of likely N-dealkylation sites (N-methyl/N-ethyl adjacent to an activating group) is 1.